The van der Waals surface area contributed by atoms with Gasteiger partial charge in [0.1, 0.15) is 5.52 Å². The molecule has 0 bridgehead atoms. The molecule has 0 radical (unpaired) electrons. The zero-order valence-corrected chi connectivity index (χ0v) is 13.3. The van der Waals surface area contributed by atoms with E-state index in [1.807, 2.05) is 54.6 Å². The van der Waals surface area contributed by atoms with Crippen molar-refractivity contribution in [2.24, 2.45) is 0 Å². The van der Waals surface area contributed by atoms with E-state index in [-0.39, 0.29) is 5.91 Å². The van der Waals surface area contributed by atoms with Crippen LogP contribution in [0.3, 0.4) is 0 Å². The number of rotatable bonds is 4. The van der Waals surface area contributed by atoms with Crippen molar-refractivity contribution in [3.05, 3.63) is 90.3 Å². The summed E-state index contributed by atoms with van der Waals surface area (Å²) >= 11 is 0. The lowest BCUT2D eigenvalue weighted by Gasteiger charge is -2.19. The maximum Gasteiger partial charge on any atom is 0.253 e. The maximum absolute atomic E-state index is 12.7. The number of fused-ring (bicyclic) bond motifs is 1. The van der Waals surface area contributed by atoms with Gasteiger partial charge in [-0.3, -0.25) is 9.78 Å². The Hall–Kier alpha value is -3.54. The van der Waals surface area contributed by atoms with E-state index < -0.39 is 6.17 Å². The number of aromatic nitrogens is 4. The number of hydrogen-bond donors (Lipinski definition) is 1. The van der Waals surface area contributed by atoms with Crippen molar-refractivity contribution >= 4 is 16.9 Å². The molecule has 1 unspecified atom stereocenters. The van der Waals surface area contributed by atoms with Crippen molar-refractivity contribution in [2.45, 2.75) is 6.17 Å². The fourth-order valence-corrected chi connectivity index (χ4v) is 2.70. The molecule has 4 rings (SSSR count). The van der Waals surface area contributed by atoms with E-state index in [1.54, 1.807) is 29.2 Å². The highest BCUT2D eigenvalue weighted by Crippen LogP contribution is 2.20. The topological polar surface area (TPSA) is 72.7 Å². The predicted octanol–water partition coefficient (Wildman–Crippen LogP) is 2.80. The summed E-state index contributed by atoms with van der Waals surface area (Å²) in [5.74, 6) is -0.186. The van der Waals surface area contributed by atoms with E-state index in [0.717, 1.165) is 16.6 Å². The van der Waals surface area contributed by atoms with Gasteiger partial charge in [0, 0.05) is 23.5 Å². The number of carbonyl (C=O) groups excluding carboxylic acids is 1. The summed E-state index contributed by atoms with van der Waals surface area (Å²) in [5.41, 5.74) is 3.01. The van der Waals surface area contributed by atoms with E-state index in [1.165, 1.54) is 0 Å². The van der Waals surface area contributed by atoms with Crippen molar-refractivity contribution in [1.29, 1.82) is 0 Å². The van der Waals surface area contributed by atoms with Gasteiger partial charge in [0.2, 0.25) is 0 Å². The molecule has 0 saturated carbocycles. The molecule has 6 nitrogen and oxygen atoms in total. The highest BCUT2D eigenvalue weighted by molar-refractivity contribution is 5.94. The van der Waals surface area contributed by atoms with E-state index in [0.29, 0.717) is 5.56 Å². The Morgan fingerprint density at radius 3 is 2.56 bits per heavy atom. The van der Waals surface area contributed by atoms with Crippen molar-refractivity contribution in [3.8, 4) is 0 Å². The molecule has 1 amide bonds. The molecule has 2 heterocycles. The molecular formula is C19H15N5O. The maximum atomic E-state index is 12.7. The number of amides is 1. The summed E-state index contributed by atoms with van der Waals surface area (Å²) < 4.78 is 1.70. The van der Waals surface area contributed by atoms with Crippen LogP contribution in [0.1, 0.15) is 22.1 Å². The molecule has 4 aromatic rings. The summed E-state index contributed by atoms with van der Waals surface area (Å²) in [5, 5.41) is 11.5. The first kappa shape index (κ1) is 15.0. The average molecular weight is 329 g/mol. The average Bonchev–Trinajstić information content (AvgIpc) is 3.11. The predicted molar refractivity (Wildman–Crippen MR) is 93.8 cm³/mol. The van der Waals surface area contributed by atoms with Gasteiger partial charge < -0.3 is 5.32 Å². The Balaban J connectivity index is 1.76. The summed E-state index contributed by atoms with van der Waals surface area (Å²) in [6.45, 7) is 0. The van der Waals surface area contributed by atoms with Crippen LogP contribution in [0, 0.1) is 0 Å². The smallest absolute Gasteiger partial charge is 0.253 e. The molecule has 1 N–H and O–H groups in total. The Kier molecular flexibility index (Phi) is 3.92. The minimum absolute atomic E-state index is 0.186. The number of hydrogen-bond acceptors (Lipinski definition) is 4. The van der Waals surface area contributed by atoms with Gasteiger partial charge in [-0.2, -0.15) is 0 Å². The molecule has 25 heavy (non-hydrogen) atoms. The minimum Gasteiger partial charge on any atom is -0.326 e. The lowest BCUT2D eigenvalue weighted by Crippen LogP contribution is -2.34. The van der Waals surface area contributed by atoms with Crippen molar-refractivity contribution in [3.63, 3.8) is 0 Å². The summed E-state index contributed by atoms with van der Waals surface area (Å²) in [6, 6.07) is 20.5. The molecule has 2 aromatic heterocycles. The number of carbonyl (C=O) groups is 1. The zero-order valence-electron chi connectivity index (χ0n) is 13.3. The molecule has 0 saturated heterocycles. The second kappa shape index (κ2) is 6.52. The van der Waals surface area contributed by atoms with Gasteiger partial charge in [0.25, 0.3) is 5.91 Å². The first-order chi connectivity index (χ1) is 12.3. The molecule has 0 aliphatic heterocycles. The monoisotopic (exact) mass is 329 g/mol. The molecular weight excluding hydrogens is 314 g/mol. The van der Waals surface area contributed by atoms with Crippen LogP contribution in [0.4, 0.5) is 0 Å². The van der Waals surface area contributed by atoms with E-state index in [4.69, 9.17) is 0 Å². The largest absolute Gasteiger partial charge is 0.326 e. The molecule has 6 heteroatoms. The Labute approximate surface area is 144 Å². The third-order valence-corrected chi connectivity index (χ3v) is 3.93. The Bertz CT molecular complexity index is 998. The standard InChI is InChI=1S/C19H15N5O/c25-19(14-7-2-1-3-8-14)21-18(15-9-6-12-20-13-15)24-17-11-5-4-10-16(17)22-23-24/h1-13,18H,(H,21,25). The minimum atomic E-state index is -0.506. The highest BCUT2D eigenvalue weighted by atomic mass is 16.1. The van der Waals surface area contributed by atoms with E-state index in [9.17, 15) is 4.79 Å². The van der Waals surface area contributed by atoms with Gasteiger partial charge in [-0.15, -0.1) is 5.10 Å². The van der Waals surface area contributed by atoms with Crippen molar-refractivity contribution in [2.75, 3.05) is 0 Å². The first-order valence-electron chi connectivity index (χ1n) is 7.89. The first-order valence-corrected chi connectivity index (χ1v) is 7.89. The van der Waals surface area contributed by atoms with Crippen LogP contribution >= 0.6 is 0 Å². The van der Waals surface area contributed by atoms with Crippen LogP contribution < -0.4 is 5.32 Å². The second-order valence-electron chi connectivity index (χ2n) is 5.55. The molecule has 122 valence electrons. The van der Waals surface area contributed by atoms with Gasteiger partial charge in [0.05, 0.1) is 5.52 Å². The number of benzene rings is 2. The van der Waals surface area contributed by atoms with Crippen LogP contribution in [0.25, 0.3) is 11.0 Å². The SMILES string of the molecule is O=C(NC(c1cccnc1)n1nnc2ccccc21)c1ccccc1. The van der Waals surface area contributed by atoms with Gasteiger partial charge >= 0.3 is 0 Å². The number of para-hydroxylation sites is 1. The van der Waals surface area contributed by atoms with Crippen LogP contribution in [0.15, 0.2) is 79.1 Å². The van der Waals surface area contributed by atoms with Crippen molar-refractivity contribution < 1.29 is 4.79 Å². The quantitative estimate of drug-likeness (QED) is 0.625. The third kappa shape index (κ3) is 2.97. The van der Waals surface area contributed by atoms with Crippen LogP contribution in [0.5, 0.6) is 0 Å². The zero-order chi connectivity index (χ0) is 17.1. The second-order valence-corrected chi connectivity index (χ2v) is 5.55. The van der Waals surface area contributed by atoms with Crippen molar-refractivity contribution in [1.82, 2.24) is 25.3 Å². The number of nitrogens with zero attached hydrogens (tertiary/aromatic N) is 4. The van der Waals surface area contributed by atoms with Crippen LogP contribution in [-0.2, 0) is 0 Å². The normalized spacial score (nSPS) is 12.0. The van der Waals surface area contributed by atoms with Crippen LogP contribution in [-0.4, -0.2) is 25.9 Å². The highest BCUT2D eigenvalue weighted by Gasteiger charge is 2.20. The van der Waals surface area contributed by atoms with Gasteiger partial charge in [-0.1, -0.05) is 41.6 Å². The lowest BCUT2D eigenvalue weighted by atomic mass is 10.1. The molecule has 0 aliphatic carbocycles. The number of nitrogens with one attached hydrogen (secondary N) is 1. The van der Waals surface area contributed by atoms with Gasteiger partial charge in [-0.25, -0.2) is 4.68 Å². The molecule has 0 spiro atoms. The summed E-state index contributed by atoms with van der Waals surface area (Å²) in [6.07, 6.45) is 2.90. The van der Waals surface area contributed by atoms with E-state index in [2.05, 4.69) is 20.6 Å². The van der Waals surface area contributed by atoms with E-state index >= 15 is 0 Å². The van der Waals surface area contributed by atoms with Gasteiger partial charge in [0.15, 0.2) is 6.17 Å². The fourth-order valence-electron chi connectivity index (χ4n) is 2.70. The third-order valence-electron chi connectivity index (χ3n) is 3.93. The Morgan fingerprint density at radius 1 is 0.960 bits per heavy atom. The Morgan fingerprint density at radius 2 is 1.76 bits per heavy atom. The molecule has 1 atom stereocenters. The molecule has 0 aliphatic rings. The summed E-state index contributed by atoms with van der Waals surface area (Å²) in [4.78, 5) is 16.8. The lowest BCUT2D eigenvalue weighted by molar-refractivity contribution is 0.0927. The fraction of sp³-hybridized carbons (Fsp3) is 0.0526. The number of pyridine rings is 1. The van der Waals surface area contributed by atoms with Gasteiger partial charge in [-0.05, 0) is 30.3 Å². The summed E-state index contributed by atoms with van der Waals surface area (Å²) in [7, 11) is 0. The molecule has 0 fully saturated rings. The molecule has 2 aromatic carbocycles. The van der Waals surface area contributed by atoms with Crippen LogP contribution in [0.2, 0.25) is 0 Å².